The van der Waals surface area contributed by atoms with Crippen LogP contribution in [-0.4, -0.2) is 28.4 Å². The molecule has 19 heavy (non-hydrogen) atoms. The first-order chi connectivity index (χ1) is 8.72. The Bertz CT molecular complexity index is 289. The van der Waals surface area contributed by atoms with Gasteiger partial charge in [0, 0.05) is 0 Å². The number of thiol groups is 1. The maximum absolute atomic E-state index is 11.8. The third kappa shape index (κ3) is 9.82. The van der Waals surface area contributed by atoms with Crippen LogP contribution in [0.4, 0.5) is 0 Å². The second kappa shape index (κ2) is 9.23. The summed E-state index contributed by atoms with van der Waals surface area (Å²) in [6.45, 7) is 8.40. The fourth-order valence-corrected chi connectivity index (χ4v) is 1.98. The second-order valence-electron chi connectivity index (χ2n) is 5.77. The molecule has 1 N–H and O–H groups in total. The van der Waals surface area contributed by atoms with Gasteiger partial charge in [-0.1, -0.05) is 27.7 Å². The quantitative estimate of drug-likeness (QED) is 0.506. The lowest BCUT2D eigenvalue weighted by Crippen LogP contribution is -2.28. The van der Waals surface area contributed by atoms with E-state index in [1.165, 1.54) is 0 Å². The zero-order valence-corrected chi connectivity index (χ0v) is 13.2. The normalized spacial score (nSPS) is 14.5. The number of hydrogen-bond donors (Lipinski definition) is 2. The highest BCUT2D eigenvalue weighted by Crippen LogP contribution is 2.18. The molecular weight excluding hydrogens is 264 g/mol. The van der Waals surface area contributed by atoms with Crippen LogP contribution in [0.25, 0.3) is 0 Å². The molecule has 4 nitrogen and oxygen atoms in total. The lowest BCUT2D eigenvalue weighted by molar-refractivity contribution is -0.152. The molecule has 0 radical (unpaired) electrons. The van der Waals surface area contributed by atoms with Crippen molar-refractivity contribution in [3.63, 3.8) is 0 Å². The maximum atomic E-state index is 11.8. The van der Waals surface area contributed by atoms with E-state index in [0.29, 0.717) is 11.8 Å². The van der Waals surface area contributed by atoms with Crippen molar-refractivity contribution in [1.29, 1.82) is 0 Å². The molecule has 2 unspecified atom stereocenters. The van der Waals surface area contributed by atoms with E-state index in [1.54, 1.807) is 0 Å². The number of hydrogen-bond acceptors (Lipinski definition) is 4. The standard InChI is InChI=1S/C14H26O4S/c1-9(2)5-6-11(7-10(3)4)18-14(17)12(19)8-13(15)16/h9-12,19H,5-8H2,1-4H3,(H,15,16). The molecule has 0 rings (SSSR count). The Hall–Kier alpha value is -0.710. The van der Waals surface area contributed by atoms with Crippen LogP contribution in [0, 0.1) is 11.8 Å². The van der Waals surface area contributed by atoms with Gasteiger partial charge in [-0.3, -0.25) is 9.59 Å². The van der Waals surface area contributed by atoms with Crippen LogP contribution < -0.4 is 0 Å². The molecular formula is C14H26O4S. The highest BCUT2D eigenvalue weighted by Gasteiger charge is 2.23. The smallest absolute Gasteiger partial charge is 0.319 e. The molecule has 0 fully saturated rings. The van der Waals surface area contributed by atoms with Crippen LogP contribution in [0.3, 0.4) is 0 Å². The Morgan fingerprint density at radius 1 is 1.11 bits per heavy atom. The minimum absolute atomic E-state index is 0.140. The van der Waals surface area contributed by atoms with Crippen LogP contribution in [0.1, 0.15) is 53.4 Å². The Morgan fingerprint density at radius 3 is 2.11 bits per heavy atom. The van der Waals surface area contributed by atoms with Gasteiger partial charge in [0.1, 0.15) is 11.4 Å². The number of ether oxygens (including phenoxy) is 1. The van der Waals surface area contributed by atoms with Crippen LogP contribution in [0.15, 0.2) is 0 Å². The third-order valence-corrected chi connectivity index (χ3v) is 3.12. The number of carboxylic acids is 1. The van der Waals surface area contributed by atoms with Crippen molar-refractivity contribution < 1.29 is 19.4 Å². The molecule has 0 aromatic rings. The minimum atomic E-state index is -1.04. The number of carbonyl (C=O) groups excluding carboxylic acids is 1. The van der Waals surface area contributed by atoms with Crippen LogP contribution in [-0.2, 0) is 14.3 Å². The Labute approximate surface area is 121 Å². The summed E-state index contributed by atoms with van der Waals surface area (Å²) in [4.78, 5) is 22.3. The fraction of sp³-hybridized carbons (Fsp3) is 0.857. The number of esters is 1. The van der Waals surface area contributed by atoms with E-state index < -0.39 is 17.2 Å². The van der Waals surface area contributed by atoms with Gasteiger partial charge in [-0.2, -0.15) is 12.6 Å². The molecule has 0 saturated heterocycles. The fourth-order valence-electron chi connectivity index (χ4n) is 1.76. The molecule has 0 aliphatic rings. The van der Waals surface area contributed by atoms with Gasteiger partial charge in [-0.05, 0) is 31.1 Å². The van der Waals surface area contributed by atoms with Crippen molar-refractivity contribution in [3.05, 3.63) is 0 Å². The molecule has 0 aromatic carbocycles. The summed E-state index contributed by atoms with van der Waals surface area (Å²) in [5, 5.41) is 7.75. The van der Waals surface area contributed by atoms with Crippen LogP contribution in [0.5, 0.6) is 0 Å². The molecule has 0 saturated carbocycles. The summed E-state index contributed by atoms with van der Waals surface area (Å²) >= 11 is 3.98. The molecule has 0 aliphatic carbocycles. The average Bonchev–Trinajstić information content (AvgIpc) is 2.23. The number of carboxylic acid groups (broad SMARTS) is 1. The molecule has 0 spiro atoms. The van der Waals surface area contributed by atoms with E-state index in [9.17, 15) is 9.59 Å². The van der Waals surface area contributed by atoms with E-state index in [-0.39, 0.29) is 12.5 Å². The van der Waals surface area contributed by atoms with Crippen molar-refractivity contribution in [3.8, 4) is 0 Å². The molecule has 0 amide bonds. The zero-order chi connectivity index (χ0) is 15.0. The van der Waals surface area contributed by atoms with E-state index in [4.69, 9.17) is 9.84 Å². The number of aliphatic carboxylic acids is 1. The van der Waals surface area contributed by atoms with Crippen molar-refractivity contribution in [1.82, 2.24) is 0 Å². The van der Waals surface area contributed by atoms with E-state index in [0.717, 1.165) is 19.3 Å². The maximum Gasteiger partial charge on any atom is 0.319 e. The summed E-state index contributed by atoms with van der Waals surface area (Å²) in [5.41, 5.74) is 0. The Balaban J connectivity index is 4.36. The first-order valence-electron chi connectivity index (χ1n) is 6.82. The van der Waals surface area contributed by atoms with Gasteiger partial charge in [0.15, 0.2) is 0 Å². The Kier molecular flexibility index (Phi) is 8.89. The van der Waals surface area contributed by atoms with Gasteiger partial charge in [0.2, 0.25) is 0 Å². The first kappa shape index (κ1) is 18.3. The van der Waals surface area contributed by atoms with E-state index in [2.05, 4.69) is 40.3 Å². The van der Waals surface area contributed by atoms with Gasteiger partial charge in [0.25, 0.3) is 0 Å². The molecule has 5 heteroatoms. The van der Waals surface area contributed by atoms with E-state index in [1.807, 2.05) is 0 Å². The van der Waals surface area contributed by atoms with Gasteiger partial charge in [-0.25, -0.2) is 0 Å². The number of carbonyl (C=O) groups is 2. The monoisotopic (exact) mass is 290 g/mol. The summed E-state index contributed by atoms with van der Waals surface area (Å²) < 4.78 is 5.40. The van der Waals surface area contributed by atoms with Crippen molar-refractivity contribution in [2.24, 2.45) is 11.8 Å². The zero-order valence-electron chi connectivity index (χ0n) is 12.3. The van der Waals surface area contributed by atoms with E-state index >= 15 is 0 Å². The molecule has 0 aliphatic heterocycles. The topological polar surface area (TPSA) is 63.6 Å². The third-order valence-electron chi connectivity index (χ3n) is 2.72. The SMILES string of the molecule is CC(C)CCC(CC(C)C)OC(=O)C(S)CC(=O)O. The molecule has 0 bridgehead atoms. The molecule has 0 aromatic heterocycles. The van der Waals surface area contributed by atoms with Gasteiger partial charge >= 0.3 is 11.9 Å². The summed E-state index contributed by atoms with van der Waals surface area (Å²) in [6, 6.07) is 0. The summed E-state index contributed by atoms with van der Waals surface area (Å²) in [6.07, 6.45) is 2.15. The summed E-state index contributed by atoms with van der Waals surface area (Å²) in [5.74, 6) is -0.582. The predicted molar refractivity (Wildman–Crippen MR) is 78.4 cm³/mol. The minimum Gasteiger partial charge on any atom is -0.481 e. The first-order valence-corrected chi connectivity index (χ1v) is 7.34. The van der Waals surface area contributed by atoms with Gasteiger partial charge in [0.05, 0.1) is 6.42 Å². The highest BCUT2D eigenvalue weighted by molar-refractivity contribution is 7.81. The largest absolute Gasteiger partial charge is 0.481 e. The van der Waals surface area contributed by atoms with Crippen molar-refractivity contribution >= 4 is 24.6 Å². The highest BCUT2D eigenvalue weighted by atomic mass is 32.1. The molecule has 2 atom stereocenters. The second-order valence-corrected chi connectivity index (χ2v) is 6.40. The average molecular weight is 290 g/mol. The predicted octanol–water partition coefficient (Wildman–Crippen LogP) is 3.15. The Morgan fingerprint density at radius 2 is 1.68 bits per heavy atom. The lowest BCUT2D eigenvalue weighted by Gasteiger charge is -2.22. The lowest BCUT2D eigenvalue weighted by atomic mass is 9.98. The van der Waals surface area contributed by atoms with Gasteiger partial charge < -0.3 is 9.84 Å². The molecule has 0 heterocycles. The summed E-state index contributed by atoms with van der Waals surface area (Å²) in [7, 11) is 0. The van der Waals surface area contributed by atoms with Crippen LogP contribution >= 0.6 is 12.6 Å². The van der Waals surface area contributed by atoms with Gasteiger partial charge in [-0.15, -0.1) is 0 Å². The number of rotatable bonds is 9. The van der Waals surface area contributed by atoms with Crippen molar-refractivity contribution in [2.75, 3.05) is 0 Å². The van der Waals surface area contributed by atoms with Crippen LogP contribution in [0.2, 0.25) is 0 Å². The molecule has 112 valence electrons. The van der Waals surface area contributed by atoms with Crippen molar-refractivity contribution in [2.45, 2.75) is 64.7 Å².